The van der Waals surface area contributed by atoms with Crippen LogP contribution in [0.25, 0.3) is 0 Å². The highest BCUT2D eigenvalue weighted by molar-refractivity contribution is 7.99. The van der Waals surface area contributed by atoms with Crippen LogP contribution in [0.5, 0.6) is 11.5 Å². The Morgan fingerprint density at radius 1 is 1.12 bits per heavy atom. The van der Waals surface area contributed by atoms with Crippen LogP contribution in [0.1, 0.15) is 32.0 Å². The average molecular weight is 471 g/mol. The molecule has 1 aromatic carbocycles. The first-order chi connectivity index (χ1) is 15.8. The van der Waals surface area contributed by atoms with Crippen LogP contribution in [0.15, 0.2) is 34.2 Å². The van der Waals surface area contributed by atoms with Gasteiger partial charge in [-0.3, -0.25) is 19.1 Å². The maximum absolute atomic E-state index is 13.2. The van der Waals surface area contributed by atoms with Gasteiger partial charge in [0.25, 0.3) is 5.56 Å². The van der Waals surface area contributed by atoms with Gasteiger partial charge in [0.15, 0.2) is 16.7 Å². The first kappa shape index (κ1) is 22.3. The quantitative estimate of drug-likeness (QED) is 0.638. The van der Waals surface area contributed by atoms with Crippen molar-refractivity contribution in [2.45, 2.75) is 44.4 Å². The molecule has 1 fully saturated rings. The van der Waals surface area contributed by atoms with Gasteiger partial charge in [0.1, 0.15) is 0 Å². The number of piperazine rings is 1. The lowest BCUT2D eigenvalue weighted by molar-refractivity contribution is -0.137. The van der Waals surface area contributed by atoms with Gasteiger partial charge in [0.2, 0.25) is 12.7 Å². The fraction of sp³-hybridized carbons (Fsp3) is 0.542. The Bertz CT molecular complexity index is 1120. The third kappa shape index (κ3) is 4.61. The molecule has 1 unspecified atom stereocenters. The predicted molar refractivity (Wildman–Crippen MR) is 126 cm³/mol. The molecule has 0 aliphatic carbocycles. The molecule has 0 radical (unpaired) electrons. The molecule has 3 aliphatic rings. The highest BCUT2D eigenvalue weighted by atomic mass is 32.2. The second-order valence-electron chi connectivity index (χ2n) is 9.92. The summed E-state index contributed by atoms with van der Waals surface area (Å²) >= 11 is 1.52. The Morgan fingerprint density at radius 2 is 1.88 bits per heavy atom. The van der Waals surface area contributed by atoms with Crippen molar-refractivity contribution in [1.82, 2.24) is 19.4 Å². The van der Waals surface area contributed by atoms with Gasteiger partial charge in [0.05, 0.1) is 11.6 Å². The molecule has 4 heterocycles. The smallest absolute Gasteiger partial charge is 0.254 e. The van der Waals surface area contributed by atoms with Gasteiger partial charge in [-0.25, -0.2) is 4.98 Å². The van der Waals surface area contributed by atoms with Gasteiger partial charge in [0, 0.05) is 56.5 Å². The van der Waals surface area contributed by atoms with E-state index in [1.165, 1.54) is 17.3 Å². The Kier molecular flexibility index (Phi) is 5.86. The van der Waals surface area contributed by atoms with Crippen LogP contribution >= 0.6 is 11.8 Å². The SMILES string of the molecule is CC(C)(C)c1cc(=O)n2c(n1)SCC(C(=O)N1CCN(Cc3ccc4c(c3)OCO4)CC1)C2. The summed E-state index contributed by atoms with van der Waals surface area (Å²) in [5.74, 6) is 2.21. The zero-order valence-corrected chi connectivity index (χ0v) is 20.2. The summed E-state index contributed by atoms with van der Waals surface area (Å²) in [6.45, 7) is 10.7. The molecule has 8 nitrogen and oxygen atoms in total. The van der Waals surface area contributed by atoms with E-state index < -0.39 is 0 Å². The lowest BCUT2D eigenvalue weighted by Crippen LogP contribution is -2.51. The first-order valence-corrected chi connectivity index (χ1v) is 12.4. The van der Waals surface area contributed by atoms with Gasteiger partial charge in [-0.05, 0) is 17.7 Å². The Hall–Kier alpha value is -2.52. The maximum atomic E-state index is 13.2. The Balaban J connectivity index is 1.18. The fourth-order valence-corrected chi connectivity index (χ4v) is 5.51. The highest BCUT2D eigenvalue weighted by Gasteiger charge is 2.32. The van der Waals surface area contributed by atoms with Gasteiger partial charge in [-0.2, -0.15) is 0 Å². The number of ether oxygens (including phenoxy) is 2. The monoisotopic (exact) mass is 470 g/mol. The lowest BCUT2D eigenvalue weighted by atomic mass is 9.92. The number of carbonyl (C=O) groups excluding carboxylic acids is 1. The van der Waals surface area contributed by atoms with E-state index in [1.54, 1.807) is 10.6 Å². The number of thioether (sulfide) groups is 1. The lowest BCUT2D eigenvalue weighted by Gasteiger charge is -2.37. The van der Waals surface area contributed by atoms with Crippen LogP contribution in [0.2, 0.25) is 0 Å². The average Bonchev–Trinajstić information content (AvgIpc) is 3.26. The third-order valence-electron chi connectivity index (χ3n) is 6.43. The number of nitrogens with zero attached hydrogens (tertiary/aromatic N) is 4. The fourth-order valence-electron chi connectivity index (χ4n) is 4.43. The summed E-state index contributed by atoms with van der Waals surface area (Å²) in [7, 11) is 0. The van der Waals surface area contributed by atoms with E-state index in [0.29, 0.717) is 25.4 Å². The molecule has 1 saturated heterocycles. The minimum absolute atomic E-state index is 0.0662. The summed E-state index contributed by atoms with van der Waals surface area (Å²) in [6, 6.07) is 7.68. The number of hydrogen-bond acceptors (Lipinski definition) is 7. The molecule has 0 N–H and O–H groups in total. The molecular weight excluding hydrogens is 440 g/mol. The van der Waals surface area contributed by atoms with Crippen molar-refractivity contribution in [3.05, 3.63) is 45.9 Å². The van der Waals surface area contributed by atoms with E-state index in [1.807, 2.05) is 17.0 Å². The normalized spacial score (nSPS) is 20.6. The second kappa shape index (κ2) is 8.68. The Labute approximate surface area is 197 Å². The number of aromatic nitrogens is 2. The summed E-state index contributed by atoms with van der Waals surface area (Å²) in [4.78, 5) is 35.0. The van der Waals surface area contributed by atoms with Crippen molar-refractivity contribution in [1.29, 1.82) is 0 Å². The van der Waals surface area contributed by atoms with Crippen LogP contribution < -0.4 is 15.0 Å². The van der Waals surface area contributed by atoms with Gasteiger partial charge in [-0.1, -0.05) is 38.6 Å². The number of carbonyl (C=O) groups is 1. The van der Waals surface area contributed by atoms with E-state index in [-0.39, 0.29) is 29.6 Å². The van der Waals surface area contributed by atoms with Crippen LogP contribution in [-0.2, 0) is 23.3 Å². The Morgan fingerprint density at radius 3 is 2.64 bits per heavy atom. The summed E-state index contributed by atoms with van der Waals surface area (Å²) in [6.07, 6.45) is 0. The van der Waals surface area contributed by atoms with Crippen molar-refractivity contribution in [2.75, 3.05) is 38.7 Å². The number of amides is 1. The molecule has 0 spiro atoms. The molecule has 9 heteroatoms. The van der Waals surface area contributed by atoms with Gasteiger partial charge >= 0.3 is 0 Å². The van der Waals surface area contributed by atoms with Crippen molar-refractivity contribution in [2.24, 2.45) is 5.92 Å². The number of rotatable bonds is 3. The molecule has 176 valence electrons. The molecule has 1 amide bonds. The van der Waals surface area contributed by atoms with Crippen molar-refractivity contribution in [3.63, 3.8) is 0 Å². The van der Waals surface area contributed by atoms with Gasteiger partial charge < -0.3 is 14.4 Å². The minimum Gasteiger partial charge on any atom is -0.454 e. The van der Waals surface area contributed by atoms with Crippen LogP contribution in [0.4, 0.5) is 0 Å². The van der Waals surface area contributed by atoms with Gasteiger partial charge in [-0.15, -0.1) is 0 Å². The summed E-state index contributed by atoms with van der Waals surface area (Å²) < 4.78 is 12.5. The predicted octanol–water partition coefficient (Wildman–Crippen LogP) is 2.34. The van der Waals surface area contributed by atoms with Crippen LogP contribution in [-0.4, -0.2) is 64.0 Å². The number of hydrogen-bond donors (Lipinski definition) is 0. The summed E-state index contributed by atoms with van der Waals surface area (Å²) in [5.41, 5.74) is 1.74. The number of benzene rings is 1. The van der Waals surface area contributed by atoms with Crippen molar-refractivity contribution >= 4 is 17.7 Å². The minimum atomic E-state index is -0.192. The second-order valence-corrected chi connectivity index (χ2v) is 10.9. The number of fused-ring (bicyclic) bond motifs is 2. The van der Waals surface area contributed by atoms with E-state index in [0.717, 1.165) is 42.0 Å². The molecule has 1 atom stereocenters. The zero-order chi connectivity index (χ0) is 23.2. The first-order valence-electron chi connectivity index (χ1n) is 11.4. The molecule has 5 rings (SSSR count). The topological polar surface area (TPSA) is 76.9 Å². The van der Waals surface area contributed by atoms with E-state index in [4.69, 9.17) is 14.5 Å². The molecule has 3 aliphatic heterocycles. The summed E-state index contributed by atoms with van der Waals surface area (Å²) in [5, 5.41) is 0.727. The zero-order valence-electron chi connectivity index (χ0n) is 19.4. The highest BCUT2D eigenvalue weighted by Crippen LogP contribution is 2.33. The largest absolute Gasteiger partial charge is 0.454 e. The standard InChI is InChI=1S/C24H30N4O4S/c1-24(2,3)20-11-21(29)28-13-17(14-33-23(28)25-20)22(30)27-8-6-26(7-9-27)12-16-4-5-18-19(10-16)32-15-31-18/h4-5,10-11,17H,6-9,12-15H2,1-3H3. The molecule has 33 heavy (non-hydrogen) atoms. The maximum Gasteiger partial charge on any atom is 0.254 e. The van der Waals surface area contributed by atoms with E-state index in [2.05, 4.69) is 31.7 Å². The van der Waals surface area contributed by atoms with E-state index in [9.17, 15) is 9.59 Å². The third-order valence-corrected chi connectivity index (χ3v) is 7.57. The molecule has 2 aromatic rings. The van der Waals surface area contributed by atoms with Crippen LogP contribution in [0, 0.1) is 5.92 Å². The van der Waals surface area contributed by atoms with Crippen molar-refractivity contribution in [3.8, 4) is 11.5 Å². The van der Waals surface area contributed by atoms with E-state index >= 15 is 0 Å². The van der Waals surface area contributed by atoms with Crippen molar-refractivity contribution < 1.29 is 14.3 Å². The molecule has 0 bridgehead atoms. The molecule has 1 aromatic heterocycles. The molecular formula is C24H30N4O4S. The van der Waals surface area contributed by atoms with Crippen LogP contribution in [0.3, 0.4) is 0 Å². The molecule has 0 saturated carbocycles.